The van der Waals surface area contributed by atoms with E-state index in [1.807, 2.05) is 12.1 Å². The van der Waals surface area contributed by atoms with Crippen LogP contribution in [0.3, 0.4) is 0 Å². The summed E-state index contributed by atoms with van der Waals surface area (Å²) in [6, 6.07) is 19.6. The number of furan rings is 1. The van der Waals surface area contributed by atoms with Crippen molar-refractivity contribution in [3.63, 3.8) is 0 Å². The van der Waals surface area contributed by atoms with Gasteiger partial charge in [-0.3, -0.25) is 0 Å². The maximum absolute atomic E-state index is 5.44. The normalized spacial score (nSPS) is 12.6. The van der Waals surface area contributed by atoms with Crippen molar-refractivity contribution in [1.29, 1.82) is 0 Å². The maximum Gasteiger partial charge on any atom is 0.103 e. The van der Waals surface area contributed by atoms with E-state index in [1.54, 1.807) is 6.26 Å². The summed E-state index contributed by atoms with van der Waals surface area (Å²) in [7, 11) is 0. The van der Waals surface area contributed by atoms with Crippen LogP contribution in [0.5, 0.6) is 0 Å². The molecule has 2 heteroatoms. The van der Waals surface area contributed by atoms with Crippen LogP contribution in [0, 0.1) is 0 Å². The molecule has 1 N–H and O–H groups in total. The summed E-state index contributed by atoms with van der Waals surface area (Å²) in [6.07, 6.45) is 3.74. The summed E-state index contributed by atoms with van der Waals surface area (Å²) >= 11 is 0. The Bertz CT molecular complexity index is 688. The standard InChI is InChI=1S/C19H21NO/c1-2-20-19(12-11-18-8-5-13-21-18)17-10-9-15-6-3-4-7-16(15)14-17/h3-10,13-14,19-20H,2,11-12H2,1H3. The lowest BCUT2D eigenvalue weighted by atomic mass is 9.98. The van der Waals surface area contributed by atoms with E-state index >= 15 is 0 Å². The van der Waals surface area contributed by atoms with Gasteiger partial charge in [0.25, 0.3) is 0 Å². The van der Waals surface area contributed by atoms with E-state index in [2.05, 4.69) is 54.7 Å². The fourth-order valence-electron chi connectivity index (χ4n) is 2.80. The van der Waals surface area contributed by atoms with Crippen molar-refractivity contribution < 1.29 is 4.42 Å². The third-order valence-corrected chi connectivity index (χ3v) is 3.89. The monoisotopic (exact) mass is 279 g/mol. The lowest BCUT2D eigenvalue weighted by Crippen LogP contribution is -2.21. The molecule has 0 radical (unpaired) electrons. The summed E-state index contributed by atoms with van der Waals surface area (Å²) in [5, 5.41) is 6.18. The molecule has 2 nitrogen and oxygen atoms in total. The molecule has 21 heavy (non-hydrogen) atoms. The minimum atomic E-state index is 0.365. The molecule has 1 aromatic heterocycles. The molecule has 0 fully saturated rings. The predicted octanol–water partition coefficient (Wildman–Crippen LogP) is 4.72. The number of fused-ring (bicyclic) bond motifs is 1. The van der Waals surface area contributed by atoms with Crippen molar-refractivity contribution in [2.24, 2.45) is 0 Å². The Hall–Kier alpha value is -2.06. The van der Waals surface area contributed by atoms with Crippen LogP contribution in [-0.2, 0) is 6.42 Å². The van der Waals surface area contributed by atoms with Crippen molar-refractivity contribution in [3.8, 4) is 0 Å². The zero-order chi connectivity index (χ0) is 14.5. The van der Waals surface area contributed by atoms with Gasteiger partial charge in [0.2, 0.25) is 0 Å². The molecule has 1 atom stereocenters. The molecule has 1 heterocycles. The number of benzene rings is 2. The molecule has 0 aliphatic heterocycles. The van der Waals surface area contributed by atoms with Crippen LogP contribution < -0.4 is 5.32 Å². The number of rotatable bonds is 6. The SMILES string of the molecule is CCNC(CCc1ccco1)c1ccc2ccccc2c1. The minimum absolute atomic E-state index is 0.365. The van der Waals surface area contributed by atoms with Crippen molar-refractivity contribution >= 4 is 10.8 Å². The Morgan fingerprint density at radius 1 is 1.00 bits per heavy atom. The van der Waals surface area contributed by atoms with Crippen LogP contribution in [0.15, 0.2) is 65.3 Å². The van der Waals surface area contributed by atoms with Crippen LogP contribution in [0.1, 0.15) is 30.7 Å². The van der Waals surface area contributed by atoms with Gasteiger partial charge in [-0.15, -0.1) is 0 Å². The quantitative estimate of drug-likeness (QED) is 0.706. The zero-order valence-corrected chi connectivity index (χ0v) is 12.4. The molecular formula is C19H21NO. The van der Waals surface area contributed by atoms with Crippen molar-refractivity contribution in [1.82, 2.24) is 5.32 Å². The number of nitrogens with one attached hydrogen (secondary N) is 1. The molecule has 108 valence electrons. The lowest BCUT2D eigenvalue weighted by Gasteiger charge is -2.18. The first-order chi connectivity index (χ1) is 10.4. The highest BCUT2D eigenvalue weighted by Gasteiger charge is 2.11. The second kappa shape index (κ2) is 6.59. The molecule has 3 aromatic rings. The second-order valence-electron chi connectivity index (χ2n) is 5.33. The van der Waals surface area contributed by atoms with E-state index in [1.165, 1.54) is 16.3 Å². The highest BCUT2D eigenvalue weighted by molar-refractivity contribution is 5.83. The summed E-state index contributed by atoms with van der Waals surface area (Å²) < 4.78 is 5.44. The summed E-state index contributed by atoms with van der Waals surface area (Å²) in [4.78, 5) is 0. The van der Waals surface area contributed by atoms with Gasteiger partial charge in [0.15, 0.2) is 0 Å². The number of aryl methyl sites for hydroxylation is 1. The van der Waals surface area contributed by atoms with Crippen molar-refractivity contribution in [2.75, 3.05) is 6.54 Å². The fourth-order valence-corrected chi connectivity index (χ4v) is 2.80. The Balaban J connectivity index is 1.80. The van der Waals surface area contributed by atoms with Crippen LogP contribution in [-0.4, -0.2) is 6.54 Å². The van der Waals surface area contributed by atoms with Gasteiger partial charge in [-0.2, -0.15) is 0 Å². The minimum Gasteiger partial charge on any atom is -0.469 e. The van der Waals surface area contributed by atoms with Gasteiger partial charge in [-0.05, 0) is 47.5 Å². The number of hydrogen-bond acceptors (Lipinski definition) is 2. The molecule has 0 saturated carbocycles. The van der Waals surface area contributed by atoms with Crippen molar-refractivity contribution in [3.05, 3.63) is 72.2 Å². The predicted molar refractivity (Wildman–Crippen MR) is 87.4 cm³/mol. The van der Waals surface area contributed by atoms with Gasteiger partial charge < -0.3 is 9.73 Å². The van der Waals surface area contributed by atoms with Gasteiger partial charge in [0.05, 0.1) is 6.26 Å². The largest absolute Gasteiger partial charge is 0.469 e. The number of hydrogen-bond donors (Lipinski definition) is 1. The first-order valence-corrected chi connectivity index (χ1v) is 7.61. The Morgan fingerprint density at radius 3 is 2.62 bits per heavy atom. The van der Waals surface area contributed by atoms with E-state index in [0.717, 1.165) is 25.1 Å². The van der Waals surface area contributed by atoms with E-state index in [-0.39, 0.29) is 0 Å². The molecule has 0 saturated heterocycles. The molecule has 0 spiro atoms. The fraction of sp³-hybridized carbons (Fsp3) is 0.263. The molecule has 0 aliphatic rings. The highest BCUT2D eigenvalue weighted by Crippen LogP contribution is 2.24. The van der Waals surface area contributed by atoms with E-state index in [4.69, 9.17) is 4.42 Å². The van der Waals surface area contributed by atoms with E-state index in [0.29, 0.717) is 6.04 Å². The van der Waals surface area contributed by atoms with Crippen molar-refractivity contribution in [2.45, 2.75) is 25.8 Å². The van der Waals surface area contributed by atoms with Gasteiger partial charge >= 0.3 is 0 Å². The van der Waals surface area contributed by atoms with E-state index in [9.17, 15) is 0 Å². The maximum atomic E-state index is 5.44. The molecule has 0 aliphatic carbocycles. The molecular weight excluding hydrogens is 258 g/mol. The summed E-state index contributed by atoms with van der Waals surface area (Å²) in [5.41, 5.74) is 1.35. The second-order valence-corrected chi connectivity index (χ2v) is 5.33. The van der Waals surface area contributed by atoms with Gasteiger partial charge in [0, 0.05) is 12.5 Å². The average Bonchev–Trinajstić information content (AvgIpc) is 3.04. The van der Waals surface area contributed by atoms with Crippen LogP contribution in [0.4, 0.5) is 0 Å². The summed E-state index contributed by atoms with van der Waals surface area (Å²) in [6.45, 7) is 3.12. The molecule has 3 rings (SSSR count). The molecule has 1 unspecified atom stereocenters. The van der Waals surface area contributed by atoms with Gasteiger partial charge in [0.1, 0.15) is 5.76 Å². The third kappa shape index (κ3) is 3.34. The van der Waals surface area contributed by atoms with Gasteiger partial charge in [-0.25, -0.2) is 0 Å². The van der Waals surface area contributed by atoms with Crippen LogP contribution in [0.2, 0.25) is 0 Å². The smallest absolute Gasteiger partial charge is 0.103 e. The lowest BCUT2D eigenvalue weighted by molar-refractivity contribution is 0.459. The molecule has 0 bridgehead atoms. The van der Waals surface area contributed by atoms with Gasteiger partial charge in [-0.1, -0.05) is 43.3 Å². The summed E-state index contributed by atoms with van der Waals surface area (Å²) in [5.74, 6) is 1.05. The van der Waals surface area contributed by atoms with Crippen LogP contribution in [0.25, 0.3) is 10.8 Å². The Kier molecular flexibility index (Phi) is 4.37. The molecule has 2 aromatic carbocycles. The van der Waals surface area contributed by atoms with Crippen LogP contribution >= 0.6 is 0 Å². The average molecular weight is 279 g/mol. The molecule has 0 amide bonds. The van der Waals surface area contributed by atoms with E-state index < -0.39 is 0 Å². The topological polar surface area (TPSA) is 25.2 Å². The first kappa shape index (κ1) is 13.9. The Labute approximate surface area is 125 Å². The highest BCUT2D eigenvalue weighted by atomic mass is 16.3. The Morgan fingerprint density at radius 2 is 1.86 bits per heavy atom. The zero-order valence-electron chi connectivity index (χ0n) is 12.4. The first-order valence-electron chi connectivity index (χ1n) is 7.61. The third-order valence-electron chi connectivity index (χ3n) is 3.89.